The summed E-state index contributed by atoms with van der Waals surface area (Å²) in [5.41, 5.74) is 6.15. The molecule has 0 aliphatic carbocycles. The van der Waals surface area contributed by atoms with Crippen LogP contribution in [-0.2, 0) is 0 Å². The normalized spacial score (nSPS) is 11.1. The Labute approximate surface area is 191 Å². The molecule has 2 heterocycles. The fraction of sp³-hybridized carbons (Fsp3) is 0. The van der Waals surface area contributed by atoms with E-state index in [9.17, 15) is 0 Å². The van der Waals surface area contributed by atoms with E-state index in [-0.39, 0.29) is 0 Å². The fourth-order valence-electron chi connectivity index (χ4n) is 4.41. The van der Waals surface area contributed by atoms with Gasteiger partial charge in [0.1, 0.15) is 0 Å². The molecule has 0 spiro atoms. The minimum atomic E-state index is 1.17. The summed E-state index contributed by atoms with van der Waals surface area (Å²) in [4.78, 5) is 2.63. The summed E-state index contributed by atoms with van der Waals surface area (Å²) >= 11 is 1.88. The Balaban J connectivity index is 1.65. The molecular weight excluding hydrogens is 406 g/mol. The van der Waals surface area contributed by atoms with E-state index in [4.69, 9.17) is 0 Å². The molecule has 0 N–H and O–H groups in total. The molecular formula is C30H21NS. The number of nitrogens with zero attached hydrogens (tertiary/aromatic N) is 1. The van der Waals surface area contributed by atoms with Gasteiger partial charge in [0.15, 0.2) is 0 Å². The van der Waals surface area contributed by atoms with E-state index in [1.165, 1.54) is 48.6 Å². The Hall–Kier alpha value is -3.88. The maximum absolute atomic E-state index is 2.31. The number of rotatable bonds is 4. The predicted molar refractivity (Wildman–Crippen MR) is 137 cm³/mol. The van der Waals surface area contributed by atoms with Gasteiger partial charge in [0.25, 0.3) is 0 Å². The molecule has 2 aromatic heterocycles. The van der Waals surface area contributed by atoms with Crippen LogP contribution in [0.2, 0.25) is 0 Å². The molecule has 32 heavy (non-hydrogen) atoms. The largest absolute Gasteiger partial charge is 0.316 e. The van der Waals surface area contributed by atoms with E-state index in [0.29, 0.717) is 0 Å². The van der Waals surface area contributed by atoms with Crippen LogP contribution in [0.15, 0.2) is 128 Å². The molecule has 0 saturated carbocycles. The molecule has 0 bridgehead atoms. The number of para-hydroxylation sites is 1. The lowest BCUT2D eigenvalue weighted by Crippen LogP contribution is -1.95. The summed E-state index contributed by atoms with van der Waals surface area (Å²) in [7, 11) is 0. The first kappa shape index (κ1) is 18.9. The first-order valence-corrected chi connectivity index (χ1v) is 11.6. The summed E-state index contributed by atoms with van der Waals surface area (Å²) in [6.07, 6.45) is 2.20. The van der Waals surface area contributed by atoms with Crippen LogP contribution in [0, 0.1) is 0 Å². The molecule has 6 aromatic rings. The van der Waals surface area contributed by atoms with Crippen molar-refractivity contribution in [3.63, 3.8) is 0 Å². The van der Waals surface area contributed by atoms with Gasteiger partial charge in [-0.1, -0.05) is 103 Å². The van der Waals surface area contributed by atoms with Gasteiger partial charge in [-0.25, -0.2) is 0 Å². The number of hydrogen-bond acceptors (Lipinski definition) is 1. The quantitative estimate of drug-likeness (QED) is 0.265. The summed E-state index contributed by atoms with van der Waals surface area (Å²) in [6.45, 7) is 0. The van der Waals surface area contributed by atoms with Crippen LogP contribution in [0.3, 0.4) is 0 Å². The van der Waals surface area contributed by atoms with Crippen molar-refractivity contribution in [3.05, 3.63) is 128 Å². The second kappa shape index (κ2) is 7.99. The van der Waals surface area contributed by atoms with Crippen LogP contribution in [0.4, 0.5) is 0 Å². The molecule has 152 valence electrons. The monoisotopic (exact) mass is 427 g/mol. The zero-order valence-electron chi connectivity index (χ0n) is 17.5. The molecule has 1 nitrogen and oxygen atoms in total. The lowest BCUT2D eigenvalue weighted by molar-refractivity contribution is 1.09. The number of fused-ring (bicyclic) bond motifs is 1. The van der Waals surface area contributed by atoms with Crippen LogP contribution in [0.1, 0.15) is 0 Å². The van der Waals surface area contributed by atoms with Gasteiger partial charge < -0.3 is 4.57 Å². The van der Waals surface area contributed by atoms with Crippen LogP contribution >= 0.6 is 11.3 Å². The second-order valence-corrected chi connectivity index (χ2v) is 8.84. The van der Waals surface area contributed by atoms with Gasteiger partial charge in [-0.2, -0.15) is 0 Å². The summed E-state index contributed by atoms with van der Waals surface area (Å²) in [5, 5.41) is 2.62. The molecule has 0 fully saturated rings. The minimum Gasteiger partial charge on any atom is -0.316 e. The van der Waals surface area contributed by atoms with Crippen molar-refractivity contribution in [2.24, 2.45) is 0 Å². The third-order valence-corrected chi connectivity index (χ3v) is 7.17. The van der Waals surface area contributed by atoms with Crippen LogP contribution in [0.25, 0.3) is 48.6 Å². The first-order valence-electron chi connectivity index (χ1n) is 10.8. The topological polar surface area (TPSA) is 4.93 Å². The fourth-order valence-corrected chi connectivity index (χ4v) is 5.71. The van der Waals surface area contributed by atoms with E-state index < -0.39 is 0 Å². The summed E-state index contributed by atoms with van der Waals surface area (Å²) in [6, 6.07) is 43.0. The highest BCUT2D eigenvalue weighted by Crippen LogP contribution is 2.47. The Bertz CT molecular complexity index is 1490. The molecule has 0 aliphatic rings. The summed E-state index contributed by atoms with van der Waals surface area (Å²) < 4.78 is 2.31. The number of thiophene rings is 1. The maximum atomic E-state index is 2.31. The van der Waals surface area contributed by atoms with Crippen molar-refractivity contribution in [1.29, 1.82) is 0 Å². The Morgan fingerprint density at radius 3 is 1.66 bits per heavy atom. The zero-order valence-corrected chi connectivity index (χ0v) is 18.3. The van der Waals surface area contributed by atoms with E-state index >= 15 is 0 Å². The van der Waals surface area contributed by atoms with Crippen molar-refractivity contribution in [2.75, 3.05) is 0 Å². The van der Waals surface area contributed by atoms with Crippen LogP contribution in [-0.4, -0.2) is 4.57 Å². The van der Waals surface area contributed by atoms with Gasteiger partial charge in [0.05, 0.1) is 5.69 Å². The Morgan fingerprint density at radius 2 is 1.00 bits per heavy atom. The third-order valence-electron chi connectivity index (χ3n) is 5.87. The lowest BCUT2D eigenvalue weighted by atomic mass is 10.0. The van der Waals surface area contributed by atoms with Crippen LogP contribution < -0.4 is 0 Å². The highest BCUT2D eigenvalue weighted by atomic mass is 32.1. The minimum absolute atomic E-state index is 1.17. The number of benzene rings is 4. The summed E-state index contributed by atoms with van der Waals surface area (Å²) in [5.74, 6) is 0. The lowest BCUT2D eigenvalue weighted by Gasteiger charge is -2.12. The number of aromatic nitrogens is 1. The number of hydrogen-bond donors (Lipinski definition) is 0. The van der Waals surface area contributed by atoms with E-state index in [0.717, 1.165) is 0 Å². The van der Waals surface area contributed by atoms with Gasteiger partial charge in [0.2, 0.25) is 0 Å². The van der Waals surface area contributed by atoms with E-state index in [2.05, 4.69) is 132 Å². The van der Waals surface area contributed by atoms with Gasteiger partial charge in [-0.15, -0.1) is 11.3 Å². The van der Waals surface area contributed by atoms with Gasteiger partial charge in [-0.05, 0) is 29.3 Å². The van der Waals surface area contributed by atoms with Crippen molar-refractivity contribution >= 4 is 22.1 Å². The van der Waals surface area contributed by atoms with Gasteiger partial charge >= 0.3 is 0 Å². The van der Waals surface area contributed by atoms with Crippen molar-refractivity contribution < 1.29 is 0 Å². The first-order chi connectivity index (χ1) is 15.9. The van der Waals surface area contributed by atoms with Gasteiger partial charge in [-0.3, -0.25) is 0 Å². The molecule has 0 saturated heterocycles. The second-order valence-electron chi connectivity index (χ2n) is 7.82. The van der Waals surface area contributed by atoms with E-state index in [1.807, 2.05) is 11.3 Å². The SMILES string of the molecule is c1ccc(-c2sc(-c3ccn(-c4ccccc4)c3-c3ccccc3)c3ccccc23)cc1. The molecule has 0 radical (unpaired) electrons. The molecule has 6 rings (SSSR count). The highest BCUT2D eigenvalue weighted by Gasteiger charge is 2.20. The molecule has 4 aromatic carbocycles. The molecule has 0 aliphatic heterocycles. The average Bonchev–Trinajstić information content (AvgIpc) is 3.48. The third kappa shape index (κ3) is 3.17. The smallest absolute Gasteiger partial charge is 0.0615 e. The zero-order chi connectivity index (χ0) is 21.3. The van der Waals surface area contributed by atoms with Crippen molar-refractivity contribution in [2.45, 2.75) is 0 Å². The highest BCUT2D eigenvalue weighted by molar-refractivity contribution is 7.21. The van der Waals surface area contributed by atoms with Crippen molar-refractivity contribution in [1.82, 2.24) is 4.57 Å². The molecule has 0 unspecified atom stereocenters. The predicted octanol–water partition coefficient (Wildman–Crippen LogP) is 8.69. The average molecular weight is 428 g/mol. The Kier molecular flexibility index (Phi) is 4.71. The van der Waals surface area contributed by atoms with E-state index in [1.54, 1.807) is 0 Å². The van der Waals surface area contributed by atoms with Gasteiger partial charge in [0, 0.05) is 38.0 Å². The standard InChI is InChI=1S/C30H21NS/c1-4-12-22(13-5-1)28-27(20-21-31(28)24-16-8-3-9-17-24)30-26-19-11-10-18-25(26)29(32-30)23-14-6-2-7-15-23/h1-21H. The molecule has 0 amide bonds. The Morgan fingerprint density at radius 1 is 0.469 bits per heavy atom. The maximum Gasteiger partial charge on any atom is 0.0615 e. The molecule has 2 heteroatoms. The van der Waals surface area contributed by atoms with Crippen LogP contribution in [0.5, 0.6) is 0 Å². The van der Waals surface area contributed by atoms with Crippen molar-refractivity contribution in [3.8, 4) is 37.8 Å². The molecule has 0 atom stereocenters.